The van der Waals surface area contributed by atoms with Crippen molar-refractivity contribution in [3.8, 4) is 0 Å². The molecule has 0 unspecified atom stereocenters. The molecular weight excluding hydrogens is 560 g/mol. The molecule has 0 saturated heterocycles. The molecular formula is C31H64N10O3. The molecule has 0 heterocycles. The third kappa shape index (κ3) is 26.5. The largest absolute Gasteiger partial charge is 0.370 e. The maximum atomic E-state index is 12.9. The van der Waals surface area contributed by atoms with Gasteiger partial charge in [-0.1, -0.05) is 65.7 Å². The third-order valence-corrected chi connectivity index (χ3v) is 7.13. The Morgan fingerprint density at radius 2 is 1.23 bits per heavy atom. The Morgan fingerprint density at radius 3 is 1.84 bits per heavy atom. The second-order valence-electron chi connectivity index (χ2n) is 12.0. The van der Waals surface area contributed by atoms with Crippen molar-refractivity contribution in [2.45, 2.75) is 129 Å². The molecule has 0 aliphatic rings. The zero-order chi connectivity index (χ0) is 33.0. The summed E-state index contributed by atoms with van der Waals surface area (Å²) in [7, 11) is 0. The van der Waals surface area contributed by atoms with Gasteiger partial charge in [0.05, 0.1) is 6.54 Å². The van der Waals surface area contributed by atoms with E-state index in [1.54, 1.807) is 0 Å². The molecule has 0 bridgehead atoms. The van der Waals surface area contributed by atoms with Crippen LogP contribution in [0.5, 0.6) is 0 Å². The van der Waals surface area contributed by atoms with Crippen LogP contribution in [0, 0.1) is 5.92 Å². The van der Waals surface area contributed by atoms with Crippen molar-refractivity contribution in [2.24, 2.45) is 38.8 Å². The highest BCUT2D eigenvalue weighted by atomic mass is 16.2. The molecule has 0 fully saturated rings. The minimum atomic E-state index is -0.626. The molecule has 13 nitrogen and oxygen atoms in total. The van der Waals surface area contributed by atoms with Crippen molar-refractivity contribution < 1.29 is 14.4 Å². The fourth-order valence-corrected chi connectivity index (χ4v) is 4.73. The zero-order valence-electron chi connectivity index (χ0n) is 27.8. The number of nitrogens with one attached hydrogen (secondary N) is 4. The van der Waals surface area contributed by atoms with Crippen molar-refractivity contribution in [3.63, 3.8) is 0 Å². The van der Waals surface area contributed by atoms with E-state index < -0.39 is 6.04 Å². The number of amides is 3. The van der Waals surface area contributed by atoms with Crippen molar-refractivity contribution in [3.05, 3.63) is 0 Å². The highest BCUT2D eigenvalue weighted by Crippen LogP contribution is 2.12. The molecule has 2 atom stereocenters. The Labute approximate surface area is 266 Å². The van der Waals surface area contributed by atoms with E-state index in [2.05, 4.69) is 38.2 Å². The van der Waals surface area contributed by atoms with Crippen molar-refractivity contribution >= 4 is 29.6 Å². The topological polar surface area (TPSA) is 228 Å². The standard InChI is InChI=1S/C31H64N10O3/c1-4-5-6-7-8-9-11-16-25(22-27(42)36-17-12-10-13-19-38-30(32)33)40-23-28(43)41-26(21-24(2)3)29(44)37-18-14-15-20-39-31(34)35/h24-26,40H,4-23H2,1-3H3,(H,36,42)(H,37,44)(H,41,43)(H4,32,33,38)(H4,34,35,39)/t25-,26+/m1/s1. The maximum Gasteiger partial charge on any atom is 0.242 e. The van der Waals surface area contributed by atoms with Crippen LogP contribution >= 0.6 is 0 Å². The smallest absolute Gasteiger partial charge is 0.242 e. The lowest BCUT2D eigenvalue weighted by molar-refractivity contribution is -0.129. The van der Waals surface area contributed by atoms with Crippen LogP contribution < -0.4 is 44.2 Å². The molecule has 13 heteroatoms. The van der Waals surface area contributed by atoms with Gasteiger partial charge in [-0.3, -0.25) is 24.4 Å². The van der Waals surface area contributed by atoms with E-state index in [0.29, 0.717) is 39.0 Å². The second-order valence-corrected chi connectivity index (χ2v) is 12.0. The van der Waals surface area contributed by atoms with Gasteiger partial charge in [-0.2, -0.15) is 0 Å². The fraction of sp³-hybridized carbons (Fsp3) is 0.839. The summed E-state index contributed by atoms with van der Waals surface area (Å²) in [6, 6.07) is -0.750. The Kier molecular flexibility index (Phi) is 25.5. The van der Waals surface area contributed by atoms with E-state index in [1.165, 1.54) is 32.1 Å². The number of hydrogen-bond donors (Lipinski definition) is 8. The van der Waals surface area contributed by atoms with Crippen LogP contribution in [0.3, 0.4) is 0 Å². The van der Waals surface area contributed by atoms with E-state index >= 15 is 0 Å². The number of carbonyl (C=O) groups is 3. The molecule has 0 radical (unpaired) electrons. The summed E-state index contributed by atoms with van der Waals surface area (Å²) in [6.07, 6.45) is 14.0. The van der Waals surface area contributed by atoms with E-state index in [0.717, 1.165) is 51.4 Å². The average molecular weight is 625 g/mol. The van der Waals surface area contributed by atoms with Gasteiger partial charge in [-0.25, -0.2) is 0 Å². The van der Waals surface area contributed by atoms with Gasteiger partial charge in [-0.05, 0) is 50.9 Å². The Hall–Kier alpha value is -3.09. The van der Waals surface area contributed by atoms with E-state index in [1.807, 2.05) is 13.8 Å². The van der Waals surface area contributed by atoms with Gasteiger partial charge >= 0.3 is 0 Å². The summed E-state index contributed by atoms with van der Waals surface area (Å²) in [5.74, 6) is -0.124. The van der Waals surface area contributed by atoms with E-state index in [9.17, 15) is 14.4 Å². The Bertz CT molecular complexity index is 828. The van der Waals surface area contributed by atoms with Gasteiger partial charge in [0.2, 0.25) is 17.7 Å². The molecule has 0 aromatic heterocycles. The van der Waals surface area contributed by atoms with Gasteiger partial charge < -0.3 is 44.2 Å². The first-order valence-corrected chi connectivity index (χ1v) is 16.7. The van der Waals surface area contributed by atoms with E-state index in [4.69, 9.17) is 22.9 Å². The highest BCUT2D eigenvalue weighted by Gasteiger charge is 2.22. The van der Waals surface area contributed by atoms with Crippen LogP contribution in [0.2, 0.25) is 0 Å². The predicted octanol–water partition coefficient (Wildman–Crippen LogP) is 1.74. The molecule has 256 valence electrons. The number of aliphatic imine (C=N–C) groups is 2. The number of carbonyl (C=O) groups excluding carboxylic acids is 3. The Morgan fingerprint density at radius 1 is 0.682 bits per heavy atom. The van der Waals surface area contributed by atoms with Gasteiger partial charge in [0.25, 0.3) is 0 Å². The average Bonchev–Trinajstić information content (AvgIpc) is 2.95. The fourth-order valence-electron chi connectivity index (χ4n) is 4.73. The monoisotopic (exact) mass is 625 g/mol. The van der Waals surface area contributed by atoms with Gasteiger partial charge in [0.1, 0.15) is 6.04 Å². The van der Waals surface area contributed by atoms with Gasteiger partial charge in [0, 0.05) is 38.6 Å². The number of nitrogens with zero attached hydrogens (tertiary/aromatic N) is 2. The number of hydrogen-bond acceptors (Lipinski definition) is 6. The van der Waals surface area contributed by atoms with Crippen LogP contribution in [0.4, 0.5) is 0 Å². The lowest BCUT2D eigenvalue weighted by atomic mass is 10.0. The number of guanidine groups is 2. The number of unbranched alkanes of at least 4 members (excludes halogenated alkanes) is 9. The lowest BCUT2D eigenvalue weighted by Gasteiger charge is -2.22. The van der Waals surface area contributed by atoms with Crippen LogP contribution in [0.1, 0.15) is 117 Å². The normalized spacial score (nSPS) is 12.3. The summed E-state index contributed by atoms with van der Waals surface area (Å²) in [5.41, 5.74) is 21.3. The minimum absolute atomic E-state index is 0.0352. The summed E-state index contributed by atoms with van der Waals surface area (Å²) in [6.45, 7) is 8.44. The summed E-state index contributed by atoms with van der Waals surface area (Å²) in [5, 5.41) is 12.1. The first-order valence-electron chi connectivity index (χ1n) is 16.7. The summed E-state index contributed by atoms with van der Waals surface area (Å²) >= 11 is 0. The molecule has 0 aliphatic carbocycles. The third-order valence-electron chi connectivity index (χ3n) is 7.13. The van der Waals surface area contributed by atoms with Gasteiger partial charge in [0.15, 0.2) is 11.9 Å². The lowest BCUT2D eigenvalue weighted by Crippen LogP contribution is -2.50. The maximum absolute atomic E-state index is 12.9. The van der Waals surface area contributed by atoms with E-state index in [-0.39, 0.29) is 48.1 Å². The molecule has 0 spiro atoms. The number of nitrogens with two attached hydrogens (primary N) is 4. The molecule has 0 aliphatic heterocycles. The zero-order valence-corrected chi connectivity index (χ0v) is 27.8. The van der Waals surface area contributed by atoms with Crippen molar-refractivity contribution in [1.29, 1.82) is 0 Å². The summed E-state index contributed by atoms with van der Waals surface area (Å²) < 4.78 is 0. The van der Waals surface area contributed by atoms with Crippen LogP contribution in [0.25, 0.3) is 0 Å². The predicted molar refractivity (Wildman–Crippen MR) is 181 cm³/mol. The second kappa shape index (κ2) is 27.5. The molecule has 0 rings (SSSR count). The highest BCUT2D eigenvalue weighted by molar-refractivity contribution is 5.88. The molecule has 0 saturated carbocycles. The van der Waals surface area contributed by atoms with Gasteiger partial charge in [-0.15, -0.1) is 0 Å². The van der Waals surface area contributed by atoms with Crippen molar-refractivity contribution in [2.75, 3.05) is 32.7 Å². The molecule has 44 heavy (non-hydrogen) atoms. The number of rotatable bonds is 28. The molecule has 12 N–H and O–H groups in total. The van der Waals surface area contributed by atoms with Crippen LogP contribution in [-0.4, -0.2) is 74.4 Å². The van der Waals surface area contributed by atoms with Crippen LogP contribution in [0.15, 0.2) is 9.98 Å². The first-order chi connectivity index (χ1) is 21.0. The first kappa shape index (κ1) is 40.9. The quantitative estimate of drug-likeness (QED) is 0.0362. The molecule has 0 aromatic rings. The van der Waals surface area contributed by atoms with Crippen LogP contribution in [-0.2, 0) is 14.4 Å². The SMILES string of the molecule is CCCCCCCCC[C@H](CC(=O)NCCCCCN=C(N)N)NCC(=O)N[C@@H](CC(C)C)C(=O)NCCCCN=C(N)N. The van der Waals surface area contributed by atoms with Crippen molar-refractivity contribution in [1.82, 2.24) is 21.3 Å². The minimum Gasteiger partial charge on any atom is -0.370 e. The molecule has 3 amide bonds. The summed E-state index contributed by atoms with van der Waals surface area (Å²) in [4.78, 5) is 46.3. The molecule has 0 aromatic carbocycles. The Balaban J connectivity index is 4.81.